The van der Waals surface area contributed by atoms with E-state index in [0.717, 1.165) is 21.4 Å². The van der Waals surface area contributed by atoms with Crippen LogP contribution in [0.4, 0.5) is 0 Å². The minimum Gasteiger partial charge on any atom is -0.454 e. The van der Waals surface area contributed by atoms with Gasteiger partial charge in [0.2, 0.25) is 5.78 Å². The number of carbonyl (C=O) groups excluding carboxylic acids is 2. The first-order valence-corrected chi connectivity index (χ1v) is 9.01. The van der Waals surface area contributed by atoms with Gasteiger partial charge in [0.15, 0.2) is 6.61 Å². The lowest BCUT2D eigenvalue weighted by Gasteiger charge is -2.08. The van der Waals surface area contributed by atoms with Crippen molar-refractivity contribution in [2.75, 3.05) is 20.3 Å². The molecule has 0 spiro atoms. The zero-order valence-corrected chi connectivity index (χ0v) is 16.7. The van der Waals surface area contributed by atoms with E-state index in [1.54, 1.807) is 13.2 Å². The first-order chi connectivity index (χ1) is 12.4. The maximum absolute atomic E-state index is 12.4. The Balaban J connectivity index is 1.96. The van der Waals surface area contributed by atoms with Crippen molar-refractivity contribution in [3.05, 3.63) is 63.4 Å². The highest BCUT2D eigenvalue weighted by molar-refractivity contribution is 9.10. The zero-order valence-electron chi connectivity index (χ0n) is 15.1. The van der Waals surface area contributed by atoms with Crippen LogP contribution in [0.25, 0.3) is 6.08 Å². The van der Waals surface area contributed by atoms with Crippen molar-refractivity contribution in [3.63, 3.8) is 0 Å². The number of aromatic nitrogens is 1. The maximum Gasteiger partial charge on any atom is 0.331 e. The van der Waals surface area contributed by atoms with E-state index < -0.39 is 5.97 Å². The molecule has 0 aliphatic rings. The molecule has 0 saturated heterocycles. The lowest BCUT2D eigenvalue weighted by atomic mass is 10.1. The van der Waals surface area contributed by atoms with Gasteiger partial charge in [-0.05, 0) is 37.6 Å². The second-order valence-corrected chi connectivity index (χ2v) is 6.67. The van der Waals surface area contributed by atoms with Gasteiger partial charge >= 0.3 is 5.97 Å². The summed E-state index contributed by atoms with van der Waals surface area (Å²) in [5.41, 5.74) is 3.26. The number of esters is 1. The second-order valence-electron chi connectivity index (χ2n) is 5.81. The maximum atomic E-state index is 12.4. The predicted octanol–water partition coefficient (Wildman–Crippen LogP) is 3.95. The third kappa shape index (κ3) is 5.16. The van der Waals surface area contributed by atoms with Gasteiger partial charge in [-0.3, -0.25) is 4.79 Å². The fourth-order valence-electron chi connectivity index (χ4n) is 2.64. The summed E-state index contributed by atoms with van der Waals surface area (Å²) in [5.74, 6) is -0.772. The number of nitrogens with zero attached hydrogens (tertiary/aromatic N) is 1. The van der Waals surface area contributed by atoms with Gasteiger partial charge in [-0.1, -0.05) is 34.1 Å². The molecular weight excluding hydrogens is 398 g/mol. The molecule has 0 bridgehead atoms. The summed E-state index contributed by atoms with van der Waals surface area (Å²) in [4.78, 5) is 24.2. The number of halogens is 1. The van der Waals surface area contributed by atoms with Crippen molar-refractivity contribution >= 4 is 33.8 Å². The molecule has 0 radical (unpaired) electrons. The minimum atomic E-state index is -0.553. The number of carbonyl (C=O) groups is 2. The molecule has 0 amide bonds. The Morgan fingerprint density at radius 3 is 2.65 bits per heavy atom. The topological polar surface area (TPSA) is 57.5 Å². The highest BCUT2D eigenvalue weighted by Gasteiger charge is 2.16. The molecule has 5 nitrogen and oxygen atoms in total. The van der Waals surface area contributed by atoms with E-state index in [-0.39, 0.29) is 12.4 Å². The molecular formula is C20H22BrNO4. The number of ketones is 1. The fraction of sp³-hybridized carbons (Fsp3) is 0.300. The Morgan fingerprint density at radius 2 is 1.96 bits per heavy atom. The molecule has 2 rings (SSSR count). The molecule has 0 unspecified atom stereocenters. The molecule has 0 fully saturated rings. The van der Waals surface area contributed by atoms with E-state index in [9.17, 15) is 9.59 Å². The van der Waals surface area contributed by atoms with Gasteiger partial charge < -0.3 is 14.0 Å². The van der Waals surface area contributed by atoms with Crippen molar-refractivity contribution in [2.24, 2.45) is 0 Å². The number of Topliss-reactive ketones (excluding diaryl/α,β-unsaturated/α-hetero) is 1. The molecule has 6 heteroatoms. The van der Waals surface area contributed by atoms with Gasteiger partial charge in [0.1, 0.15) is 0 Å². The van der Waals surface area contributed by atoms with Crippen molar-refractivity contribution in [3.8, 4) is 0 Å². The molecule has 1 aromatic heterocycles. The van der Waals surface area contributed by atoms with Crippen LogP contribution in [-0.4, -0.2) is 36.6 Å². The van der Waals surface area contributed by atoms with Crippen molar-refractivity contribution in [1.82, 2.24) is 4.57 Å². The van der Waals surface area contributed by atoms with E-state index in [1.807, 2.05) is 48.7 Å². The highest BCUT2D eigenvalue weighted by Crippen LogP contribution is 2.18. The van der Waals surface area contributed by atoms with E-state index in [0.29, 0.717) is 18.7 Å². The van der Waals surface area contributed by atoms with Crippen LogP contribution in [0.15, 0.2) is 40.9 Å². The van der Waals surface area contributed by atoms with Crippen LogP contribution in [0.3, 0.4) is 0 Å². The monoisotopic (exact) mass is 419 g/mol. The van der Waals surface area contributed by atoms with E-state index in [1.165, 1.54) is 6.08 Å². The largest absolute Gasteiger partial charge is 0.454 e. The fourth-order valence-corrected chi connectivity index (χ4v) is 3.06. The van der Waals surface area contributed by atoms with Crippen LogP contribution >= 0.6 is 15.9 Å². The molecule has 1 aromatic carbocycles. The third-order valence-electron chi connectivity index (χ3n) is 4.04. The molecule has 1 heterocycles. The number of aryl methyl sites for hydroxylation is 1. The Bertz CT molecular complexity index is 823. The Kier molecular flexibility index (Phi) is 7.36. The number of hydrogen-bond acceptors (Lipinski definition) is 4. The van der Waals surface area contributed by atoms with E-state index >= 15 is 0 Å². The van der Waals surface area contributed by atoms with Crippen LogP contribution < -0.4 is 0 Å². The van der Waals surface area contributed by atoms with Gasteiger partial charge in [0, 0.05) is 41.2 Å². The molecule has 0 saturated carbocycles. The quantitative estimate of drug-likeness (QED) is 0.369. The van der Waals surface area contributed by atoms with Crippen LogP contribution in [0, 0.1) is 13.8 Å². The van der Waals surface area contributed by atoms with Gasteiger partial charge in [0.05, 0.1) is 6.61 Å². The van der Waals surface area contributed by atoms with Gasteiger partial charge in [-0.25, -0.2) is 4.79 Å². The van der Waals surface area contributed by atoms with Crippen molar-refractivity contribution < 1.29 is 19.1 Å². The summed E-state index contributed by atoms with van der Waals surface area (Å²) in [7, 11) is 1.64. The van der Waals surface area contributed by atoms with Crippen LogP contribution in [0.1, 0.15) is 27.3 Å². The van der Waals surface area contributed by atoms with Crippen molar-refractivity contribution in [2.45, 2.75) is 20.4 Å². The van der Waals surface area contributed by atoms with E-state index in [2.05, 4.69) is 15.9 Å². The summed E-state index contributed by atoms with van der Waals surface area (Å²) in [5, 5.41) is 0. The van der Waals surface area contributed by atoms with Gasteiger partial charge in [-0.15, -0.1) is 0 Å². The Morgan fingerprint density at radius 1 is 1.23 bits per heavy atom. The summed E-state index contributed by atoms with van der Waals surface area (Å²) in [6, 6.07) is 9.33. The lowest BCUT2D eigenvalue weighted by Crippen LogP contribution is -2.14. The van der Waals surface area contributed by atoms with Gasteiger partial charge in [0.25, 0.3) is 0 Å². The van der Waals surface area contributed by atoms with Crippen molar-refractivity contribution in [1.29, 1.82) is 0 Å². The number of hydrogen-bond donors (Lipinski definition) is 0. The lowest BCUT2D eigenvalue weighted by molar-refractivity contribution is -0.136. The molecule has 138 valence electrons. The van der Waals surface area contributed by atoms with Crippen LogP contribution in [0.2, 0.25) is 0 Å². The second kappa shape index (κ2) is 9.50. The molecule has 0 N–H and O–H groups in total. The first-order valence-electron chi connectivity index (χ1n) is 8.22. The standard InChI is InChI=1S/C20H22BrNO4/c1-14-12-17(15(2)22(14)10-11-25-3)19(23)13-26-20(24)9-8-16-6-4-5-7-18(16)21/h4-9,12H,10-11,13H2,1-3H3/b9-8+. The SMILES string of the molecule is COCCn1c(C)cc(C(=O)COC(=O)/C=C/c2ccccc2Br)c1C. The Hall–Kier alpha value is -2.18. The highest BCUT2D eigenvalue weighted by atomic mass is 79.9. The number of ether oxygens (including phenoxy) is 2. The predicted molar refractivity (Wildman–Crippen MR) is 104 cm³/mol. The van der Waals surface area contributed by atoms with Crippen LogP contribution in [-0.2, 0) is 20.8 Å². The molecule has 0 atom stereocenters. The molecule has 0 aliphatic heterocycles. The molecule has 26 heavy (non-hydrogen) atoms. The number of rotatable bonds is 8. The minimum absolute atomic E-state index is 0.218. The summed E-state index contributed by atoms with van der Waals surface area (Å²) < 4.78 is 13.1. The summed E-state index contributed by atoms with van der Waals surface area (Å²) in [6.07, 6.45) is 2.96. The average Bonchev–Trinajstić information content (AvgIpc) is 2.91. The van der Waals surface area contributed by atoms with E-state index in [4.69, 9.17) is 9.47 Å². The summed E-state index contributed by atoms with van der Waals surface area (Å²) >= 11 is 3.41. The van der Waals surface area contributed by atoms with Crippen LogP contribution in [0.5, 0.6) is 0 Å². The molecule has 2 aromatic rings. The number of methoxy groups -OCH3 is 1. The first kappa shape index (κ1) is 20.1. The average molecular weight is 420 g/mol. The number of benzene rings is 1. The third-order valence-corrected chi connectivity index (χ3v) is 4.76. The zero-order chi connectivity index (χ0) is 19.1. The normalized spacial score (nSPS) is 11.1. The smallest absolute Gasteiger partial charge is 0.331 e. The molecule has 0 aliphatic carbocycles. The summed E-state index contributed by atoms with van der Waals surface area (Å²) in [6.45, 7) is 4.78. The van der Waals surface area contributed by atoms with Gasteiger partial charge in [-0.2, -0.15) is 0 Å². The Labute approximate surface area is 161 Å².